The van der Waals surface area contributed by atoms with Crippen LogP contribution >= 0.6 is 0 Å². The fourth-order valence-electron chi connectivity index (χ4n) is 4.47. The number of rotatable bonds is 3. The quantitative estimate of drug-likeness (QED) is 0.715. The Balaban J connectivity index is 1.62. The number of allylic oxidation sites excluding steroid dienone is 2. The number of fused-ring (bicyclic) bond motifs is 2. The lowest BCUT2D eigenvalue weighted by Crippen LogP contribution is -2.26. The van der Waals surface area contributed by atoms with Crippen LogP contribution in [0.2, 0.25) is 0 Å². The topological polar surface area (TPSA) is 57.6 Å². The molecule has 0 N–H and O–H groups in total. The minimum absolute atomic E-state index is 0.0373. The number of para-hydroxylation sites is 2. The van der Waals surface area contributed by atoms with E-state index >= 15 is 0 Å². The Hall–Kier alpha value is -2.63. The van der Waals surface area contributed by atoms with E-state index in [9.17, 15) is 4.79 Å². The molecule has 0 radical (unpaired) electrons. The van der Waals surface area contributed by atoms with Crippen molar-refractivity contribution in [1.82, 2.24) is 23.9 Å². The third kappa shape index (κ3) is 2.83. The number of imidazole rings is 1. The van der Waals surface area contributed by atoms with E-state index in [1.807, 2.05) is 33.4 Å². The molecular weight excluding hydrogens is 338 g/mol. The molecular formula is C21H25N5O. The highest BCUT2D eigenvalue weighted by molar-refractivity contribution is 5.80. The molecule has 0 spiro atoms. The van der Waals surface area contributed by atoms with Gasteiger partial charge in [0.1, 0.15) is 5.82 Å². The molecule has 0 atom stereocenters. The average molecular weight is 363 g/mol. The Labute approximate surface area is 158 Å². The largest absolute Gasteiger partial charge is 0.333 e. The fourth-order valence-corrected chi connectivity index (χ4v) is 4.47. The van der Waals surface area contributed by atoms with E-state index in [0.29, 0.717) is 6.54 Å². The van der Waals surface area contributed by atoms with E-state index in [1.165, 1.54) is 19.3 Å². The summed E-state index contributed by atoms with van der Waals surface area (Å²) < 4.78 is 6.01. The van der Waals surface area contributed by atoms with E-state index < -0.39 is 0 Å². The van der Waals surface area contributed by atoms with Gasteiger partial charge in [0.25, 0.3) is 0 Å². The molecule has 2 aromatic heterocycles. The van der Waals surface area contributed by atoms with Crippen LogP contribution < -0.4 is 5.69 Å². The van der Waals surface area contributed by atoms with Gasteiger partial charge in [-0.15, -0.1) is 10.2 Å². The summed E-state index contributed by atoms with van der Waals surface area (Å²) in [5.41, 5.74) is 3.14. The van der Waals surface area contributed by atoms with E-state index in [2.05, 4.69) is 20.8 Å². The summed E-state index contributed by atoms with van der Waals surface area (Å²) in [6, 6.07) is 8.10. The summed E-state index contributed by atoms with van der Waals surface area (Å²) in [4.78, 5) is 13.4. The molecule has 0 fully saturated rings. The first-order valence-electron chi connectivity index (χ1n) is 10.1. The normalized spacial score (nSPS) is 17.6. The van der Waals surface area contributed by atoms with Gasteiger partial charge in [-0.05, 0) is 50.7 Å². The standard InChI is InChI=1S/C21H25N5O/c27-21-25(15-20-23-22-19-13-5-2-8-14-24(19)20)17-11-6-7-12-18(17)26(21)16-9-3-1-4-10-16/h6-7,9,11-12H,1-5,8,10,13-15H2. The molecule has 0 saturated heterocycles. The van der Waals surface area contributed by atoms with Gasteiger partial charge < -0.3 is 4.57 Å². The molecule has 5 rings (SSSR count). The minimum atomic E-state index is 0.0373. The van der Waals surface area contributed by atoms with Crippen LogP contribution in [0.5, 0.6) is 0 Å². The number of aryl methyl sites for hydroxylation is 1. The summed E-state index contributed by atoms with van der Waals surface area (Å²) in [6.07, 6.45) is 11.1. The number of aromatic nitrogens is 5. The van der Waals surface area contributed by atoms with Gasteiger partial charge in [-0.1, -0.05) is 24.6 Å². The first-order chi connectivity index (χ1) is 13.3. The van der Waals surface area contributed by atoms with Crippen LogP contribution in [0.1, 0.15) is 56.6 Å². The Kier molecular flexibility index (Phi) is 4.19. The Morgan fingerprint density at radius 3 is 2.63 bits per heavy atom. The van der Waals surface area contributed by atoms with Crippen molar-refractivity contribution >= 4 is 16.7 Å². The van der Waals surface area contributed by atoms with Gasteiger partial charge >= 0.3 is 5.69 Å². The van der Waals surface area contributed by atoms with Gasteiger partial charge in [0.05, 0.1) is 17.6 Å². The van der Waals surface area contributed by atoms with Crippen molar-refractivity contribution in [3.8, 4) is 0 Å². The van der Waals surface area contributed by atoms with Gasteiger partial charge in [-0.25, -0.2) is 4.79 Å². The smallest absolute Gasteiger partial charge is 0.313 e. The summed E-state index contributed by atoms with van der Waals surface area (Å²) >= 11 is 0. The van der Waals surface area contributed by atoms with Gasteiger partial charge in [-0.2, -0.15) is 0 Å². The molecule has 0 unspecified atom stereocenters. The van der Waals surface area contributed by atoms with Crippen LogP contribution in [0.4, 0.5) is 0 Å². The molecule has 1 aromatic carbocycles. The summed E-state index contributed by atoms with van der Waals surface area (Å²) in [6.45, 7) is 1.43. The Morgan fingerprint density at radius 2 is 1.78 bits per heavy atom. The van der Waals surface area contributed by atoms with E-state index in [4.69, 9.17) is 0 Å². The second-order valence-corrected chi connectivity index (χ2v) is 7.63. The van der Waals surface area contributed by atoms with Crippen molar-refractivity contribution in [2.75, 3.05) is 0 Å². The van der Waals surface area contributed by atoms with Crippen LogP contribution in [0.15, 0.2) is 35.1 Å². The van der Waals surface area contributed by atoms with Crippen molar-refractivity contribution in [1.29, 1.82) is 0 Å². The van der Waals surface area contributed by atoms with Crippen molar-refractivity contribution in [3.63, 3.8) is 0 Å². The van der Waals surface area contributed by atoms with Crippen LogP contribution in [0.25, 0.3) is 16.7 Å². The monoisotopic (exact) mass is 363 g/mol. The van der Waals surface area contributed by atoms with Gasteiger partial charge in [-0.3, -0.25) is 9.13 Å². The molecule has 1 aliphatic carbocycles. The zero-order chi connectivity index (χ0) is 18.2. The maximum atomic E-state index is 13.4. The highest BCUT2D eigenvalue weighted by Crippen LogP contribution is 2.25. The second kappa shape index (κ2) is 6.83. The molecule has 3 aromatic rings. The molecule has 140 valence electrons. The molecule has 1 aliphatic heterocycles. The van der Waals surface area contributed by atoms with Gasteiger partial charge in [0.15, 0.2) is 5.82 Å². The second-order valence-electron chi connectivity index (χ2n) is 7.63. The molecule has 0 amide bonds. The number of hydrogen-bond acceptors (Lipinski definition) is 3. The molecule has 3 heterocycles. The van der Waals surface area contributed by atoms with Crippen LogP contribution in [0, 0.1) is 0 Å². The molecule has 6 nitrogen and oxygen atoms in total. The SMILES string of the molecule is O=c1n(Cc2nnc3n2CCCCC3)c2ccccc2n1C1=CCCCC1. The number of nitrogens with zero attached hydrogens (tertiary/aromatic N) is 5. The zero-order valence-electron chi connectivity index (χ0n) is 15.6. The van der Waals surface area contributed by atoms with E-state index in [0.717, 1.165) is 67.0 Å². The van der Waals surface area contributed by atoms with E-state index in [1.54, 1.807) is 0 Å². The first kappa shape index (κ1) is 16.5. The predicted molar refractivity (Wildman–Crippen MR) is 106 cm³/mol. The summed E-state index contributed by atoms with van der Waals surface area (Å²) in [5, 5.41) is 8.83. The highest BCUT2D eigenvalue weighted by atomic mass is 16.1. The fraction of sp³-hybridized carbons (Fsp3) is 0.476. The lowest BCUT2D eigenvalue weighted by atomic mass is 10.0. The zero-order valence-corrected chi connectivity index (χ0v) is 15.6. The lowest BCUT2D eigenvalue weighted by molar-refractivity contribution is 0.586. The maximum Gasteiger partial charge on any atom is 0.333 e. The number of benzene rings is 1. The third-order valence-corrected chi connectivity index (χ3v) is 5.88. The van der Waals surface area contributed by atoms with E-state index in [-0.39, 0.29) is 5.69 Å². The summed E-state index contributed by atoms with van der Waals surface area (Å²) in [5.74, 6) is 1.96. The minimum Gasteiger partial charge on any atom is -0.313 e. The lowest BCUT2D eigenvalue weighted by Gasteiger charge is -2.13. The van der Waals surface area contributed by atoms with Crippen molar-refractivity contribution in [2.45, 2.75) is 64.5 Å². The van der Waals surface area contributed by atoms with Crippen molar-refractivity contribution in [3.05, 3.63) is 52.5 Å². The Bertz CT molecular complexity index is 1070. The number of hydrogen-bond donors (Lipinski definition) is 0. The highest BCUT2D eigenvalue weighted by Gasteiger charge is 2.20. The Morgan fingerprint density at radius 1 is 0.926 bits per heavy atom. The van der Waals surface area contributed by atoms with Gasteiger partial charge in [0, 0.05) is 18.7 Å². The van der Waals surface area contributed by atoms with Crippen LogP contribution in [-0.4, -0.2) is 23.9 Å². The molecule has 2 aliphatic rings. The third-order valence-electron chi connectivity index (χ3n) is 5.88. The van der Waals surface area contributed by atoms with Crippen LogP contribution in [-0.2, 0) is 19.5 Å². The molecule has 6 heteroatoms. The van der Waals surface area contributed by atoms with Crippen molar-refractivity contribution in [2.24, 2.45) is 0 Å². The van der Waals surface area contributed by atoms with Gasteiger partial charge in [0.2, 0.25) is 0 Å². The molecule has 27 heavy (non-hydrogen) atoms. The molecule has 0 bridgehead atoms. The first-order valence-corrected chi connectivity index (χ1v) is 10.1. The average Bonchev–Trinajstić information content (AvgIpc) is 3.10. The summed E-state index contributed by atoms with van der Waals surface area (Å²) in [7, 11) is 0. The van der Waals surface area contributed by atoms with Crippen LogP contribution in [0.3, 0.4) is 0 Å². The molecule has 0 saturated carbocycles. The van der Waals surface area contributed by atoms with Crippen molar-refractivity contribution < 1.29 is 0 Å². The predicted octanol–water partition coefficient (Wildman–Crippen LogP) is 3.58. The maximum absolute atomic E-state index is 13.4.